The van der Waals surface area contributed by atoms with Crippen molar-refractivity contribution in [2.75, 3.05) is 0 Å². The Morgan fingerprint density at radius 3 is 2.46 bits per heavy atom. The van der Waals surface area contributed by atoms with E-state index in [2.05, 4.69) is 0 Å². The molecule has 8 heteroatoms. The highest BCUT2D eigenvalue weighted by atomic mass is 35.5. The van der Waals surface area contributed by atoms with Gasteiger partial charge in [0.2, 0.25) is 0 Å². The lowest BCUT2D eigenvalue weighted by Crippen LogP contribution is -2.25. The average Bonchev–Trinajstić information content (AvgIpc) is 3.18. The van der Waals surface area contributed by atoms with Crippen LogP contribution in [-0.2, 0) is 4.79 Å². The molecule has 26 heavy (non-hydrogen) atoms. The number of nitro groups is 1. The fourth-order valence-corrected chi connectivity index (χ4v) is 5.27. The molecule has 0 saturated carbocycles. The number of rotatable bonds is 3. The van der Waals surface area contributed by atoms with Gasteiger partial charge in [0.15, 0.2) is 0 Å². The predicted molar refractivity (Wildman–Crippen MR) is 106 cm³/mol. The summed E-state index contributed by atoms with van der Waals surface area (Å²) in [6.07, 6.45) is 1.86. The van der Waals surface area contributed by atoms with E-state index in [4.69, 9.17) is 11.6 Å². The number of hydrogen-bond donors (Lipinski definition) is 0. The van der Waals surface area contributed by atoms with Crippen molar-refractivity contribution >= 4 is 58.5 Å². The topological polar surface area (TPSA) is 63.4 Å². The fraction of sp³-hybridized carbons (Fsp3) is 0.0556. The van der Waals surface area contributed by atoms with E-state index in [0.29, 0.717) is 9.93 Å². The lowest BCUT2D eigenvalue weighted by Gasteiger charge is -2.17. The first-order chi connectivity index (χ1) is 12.5. The maximum atomic E-state index is 12.9. The van der Waals surface area contributed by atoms with Crippen molar-refractivity contribution in [2.24, 2.45) is 0 Å². The molecule has 0 N–H and O–H groups in total. The van der Waals surface area contributed by atoms with Gasteiger partial charge in [0.05, 0.1) is 15.5 Å². The largest absolute Gasteiger partial charge is 0.284 e. The smallest absolute Gasteiger partial charge is 0.269 e. The van der Waals surface area contributed by atoms with Crippen molar-refractivity contribution in [2.45, 2.75) is 4.71 Å². The van der Waals surface area contributed by atoms with Gasteiger partial charge in [0.1, 0.15) is 4.71 Å². The van der Waals surface area contributed by atoms with E-state index in [9.17, 15) is 14.9 Å². The van der Waals surface area contributed by atoms with Crippen LogP contribution in [-0.4, -0.2) is 20.4 Å². The number of fused-ring (bicyclic) bond motifs is 1. The number of amides is 1. The SMILES string of the molecule is O=C1/C(=C\c2ccc(Cl)cc2)S[C@H]2SC=C(c3ccc([N+](=O)[O-])cc3)N12. The van der Waals surface area contributed by atoms with Gasteiger partial charge in [-0.15, -0.1) is 0 Å². The molecule has 1 fully saturated rings. The highest BCUT2D eigenvalue weighted by Gasteiger charge is 2.42. The monoisotopic (exact) mass is 402 g/mol. The van der Waals surface area contributed by atoms with E-state index in [1.165, 1.54) is 23.9 Å². The van der Waals surface area contributed by atoms with Crippen molar-refractivity contribution in [3.05, 3.63) is 85.1 Å². The Balaban J connectivity index is 1.60. The molecule has 2 aromatic carbocycles. The van der Waals surface area contributed by atoms with Crippen LogP contribution < -0.4 is 0 Å². The van der Waals surface area contributed by atoms with Gasteiger partial charge in [-0.05, 0) is 46.9 Å². The second-order valence-electron chi connectivity index (χ2n) is 5.60. The number of nitro benzene ring substituents is 1. The van der Waals surface area contributed by atoms with E-state index in [1.807, 2.05) is 23.6 Å². The molecule has 4 rings (SSSR count). The van der Waals surface area contributed by atoms with Crippen LogP contribution >= 0.6 is 35.1 Å². The Labute approximate surface area is 162 Å². The summed E-state index contributed by atoms with van der Waals surface area (Å²) in [7, 11) is 0. The summed E-state index contributed by atoms with van der Waals surface area (Å²) in [6.45, 7) is 0. The molecule has 2 aliphatic heterocycles. The molecule has 2 aromatic rings. The zero-order chi connectivity index (χ0) is 18.3. The molecule has 0 spiro atoms. The number of carbonyl (C=O) groups excluding carboxylic acids is 1. The van der Waals surface area contributed by atoms with Crippen molar-refractivity contribution in [3.8, 4) is 0 Å². The third-order valence-electron chi connectivity index (χ3n) is 3.97. The van der Waals surface area contributed by atoms with Gasteiger partial charge in [-0.2, -0.15) is 0 Å². The number of halogens is 1. The second-order valence-corrected chi connectivity index (χ2v) is 8.41. The summed E-state index contributed by atoms with van der Waals surface area (Å²) in [5, 5.41) is 13.4. The summed E-state index contributed by atoms with van der Waals surface area (Å²) >= 11 is 8.96. The van der Waals surface area contributed by atoms with Gasteiger partial charge < -0.3 is 0 Å². The van der Waals surface area contributed by atoms with E-state index in [1.54, 1.807) is 40.9 Å². The Morgan fingerprint density at radius 1 is 1.12 bits per heavy atom. The minimum Gasteiger partial charge on any atom is -0.284 e. The molecule has 0 aliphatic carbocycles. The Bertz CT molecular complexity index is 955. The number of thioether (sulfide) groups is 2. The van der Waals surface area contributed by atoms with Crippen LogP contribution in [0.4, 0.5) is 5.69 Å². The molecule has 0 unspecified atom stereocenters. The quantitative estimate of drug-likeness (QED) is 0.401. The normalized spacial score (nSPS) is 20.4. The van der Waals surface area contributed by atoms with Gasteiger partial charge >= 0.3 is 0 Å². The number of nitrogens with zero attached hydrogens (tertiary/aromatic N) is 2. The van der Waals surface area contributed by atoms with Crippen LogP contribution in [0.1, 0.15) is 11.1 Å². The van der Waals surface area contributed by atoms with Crippen molar-refractivity contribution < 1.29 is 9.72 Å². The molecule has 1 amide bonds. The van der Waals surface area contributed by atoms with E-state index >= 15 is 0 Å². The highest BCUT2D eigenvalue weighted by Crippen LogP contribution is 2.51. The summed E-state index contributed by atoms with van der Waals surface area (Å²) in [5.41, 5.74) is 2.50. The molecule has 130 valence electrons. The van der Waals surface area contributed by atoms with Crippen LogP contribution in [0, 0.1) is 10.1 Å². The minimum atomic E-state index is -0.436. The Kier molecular flexibility index (Phi) is 4.52. The number of hydrogen-bond acceptors (Lipinski definition) is 5. The summed E-state index contributed by atoms with van der Waals surface area (Å²) in [4.78, 5) is 25.6. The van der Waals surface area contributed by atoms with Gasteiger partial charge in [-0.25, -0.2) is 0 Å². The van der Waals surface area contributed by atoms with Gasteiger partial charge in [0.25, 0.3) is 11.6 Å². The molecular weight excluding hydrogens is 392 g/mol. The van der Waals surface area contributed by atoms with E-state index in [-0.39, 0.29) is 16.3 Å². The van der Waals surface area contributed by atoms with Crippen LogP contribution in [0.3, 0.4) is 0 Å². The number of carbonyl (C=O) groups is 1. The third kappa shape index (κ3) is 3.13. The molecular formula is C18H11ClN2O3S2. The first-order valence-electron chi connectivity index (χ1n) is 7.61. The third-order valence-corrected chi connectivity index (χ3v) is 6.60. The van der Waals surface area contributed by atoms with E-state index in [0.717, 1.165) is 16.8 Å². The molecule has 1 atom stereocenters. The molecule has 0 bridgehead atoms. The van der Waals surface area contributed by atoms with E-state index < -0.39 is 4.92 Å². The van der Waals surface area contributed by atoms with Crippen molar-refractivity contribution in [3.63, 3.8) is 0 Å². The lowest BCUT2D eigenvalue weighted by atomic mass is 10.1. The summed E-state index contributed by atoms with van der Waals surface area (Å²) in [5.74, 6) is -0.0652. The zero-order valence-corrected chi connectivity index (χ0v) is 15.6. The lowest BCUT2D eigenvalue weighted by molar-refractivity contribution is -0.384. The fourth-order valence-electron chi connectivity index (χ4n) is 2.68. The van der Waals surface area contributed by atoms with Crippen LogP contribution in [0.2, 0.25) is 5.02 Å². The van der Waals surface area contributed by atoms with Crippen LogP contribution in [0.15, 0.2) is 58.8 Å². The molecule has 2 aliphatic rings. The molecule has 1 saturated heterocycles. The number of benzene rings is 2. The predicted octanol–water partition coefficient (Wildman–Crippen LogP) is 5.19. The van der Waals surface area contributed by atoms with Crippen LogP contribution in [0.5, 0.6) is 0 Å². The molecule has 5 nitrogen and oxygen atoms in total. The second kappa shape index (κ2) is 6.83. The minimum absolute atomic E-state index is 0.0296. The summed E-state index contributed by atoms with van der Waals surface area (Å²) < 4.78 is -0.0498. The maximum Gasteiger partial charge on any atom is 0.269 e. The summed E-state index contributed by atoms with van der Waals surface area (Å²) in [6, 6.07) is 13.6. The van der Waals surface area contributed by atoms with Gasteiger partial charge in [-0.3, -0.25) is 19.8 Å². The Morgan fingerprint density at radius 2 is 1.81 bits per heavy atom. The van der Waals surface area contributed by atoms with Gasteiger partial charge in [-0.1, -0.05) is 47.3 Å². The van der Waals surface area contributed by atoms with Crippen molar-refractivity contribution in [1.29, 1.82) is 0 Å². The molecule has 0 aromatic heterocycles. The standard InChI is InChI=1S/C18H11ClN2O3S2/c19-13-5-1-11(2-6-13)9-16-17(22)20-15(10-25-18(20)26-16)12-3-7-14(8-4-12)21(23)24/h1-10,18H/b16-9+/t18-/m1/s1. The molecule has 0 radical (unpaired) electrons. The first kappa shape index (κ1) is 17.2. The van der Waals surface area contributed by atoms with Crippen molar-refractivity contribution in [1.82, 2.24) is 4.90 Å². The maximum absolute atomic E-state index is 12.9. The average molecular weight is 403 g/mol. The highest BCUT2D eigenvalue weighted by molar-refractivity contribution is 8.21. The zero-order valence-electron chi connectivity index (χ0n) is 13.2. The number of non-ortho nitro benzene ring substituents is 1. The molecule has 2 heterocycles. The van der Waals surface area contributed by atoms with Crippen LogP contribution in [0.25, 0.3) is 11.8 Å². The first-order valence-corrected chi connectivity index (χ1v) is 9.81. The Hall–Kier alpha value is -2.22. The van der Waals surface area contributed by atoms with Gasteiger partial charge in [0, 0.05) is 17.2 Å².